The second-order valence-electron chi connectivity index (χ2n) is 8.63. The number of nitrogens with one attached hydrogen (secondary N) is 1. The van der Waals surface area contributed by atoms with Crippen LogP contribution in [0.4, 0.5) is 5.69 Å². The average Bonchev–Trinajstić information content (AvgIpc) is 2.82. The highest BCUT2D eigenvalue weighted by atomic mass is 32.2. The third-order valence-electron chi connectivity index (χ3n) is 5.80. The Balaban J connectivity index is 2.45. The van der Waals surface area contributed by atoms with Crippen LogP contribution in [0.25, 0.3) is 0 Å². The first-order valence-electron chi connectivity index (χ1n) is 11.7. The lowest BCUT2D eigenvalue weighted by Gasteiger charge is -2.33. The van der Waals surface area contributed by atoms with Crippen molar-refractivity contribution in [3.63, 3.8) is 0 Å². The van der Waals surface area contributed by atoms with Crippen LogP contribution in [0.5, 0.6) is 0 Å². The van der Waals surface area contributed by atoms with Crippen molar-refractivity contribution < 1.29 is 22.8 Å². The van der Waals surface area contributed by atoms with Crippen LogP contribution in [-0.2, 0) is 26.2 Å². The van der Waals surface area contributed by atoms with E-state index in [4.69, 9.17) is 0 Å². The van der Waals surface area contributed by atoms with Crippen LogP contribution in [0.3, 0.4) is 0 Å². The Kier molecular flexibility index (Phi) is 10.0. The van der Waals surface area contributed by atoms with Crippen molar-refractivity contribution in [1.29, 1.82) is 0 Å². The third kappa shape index (κ3) is 7.92. The largest absolute Gasteiger partial charge is 0.352 e. The van der Waals surface area contributed by atoms with Gasteiger partial charge in [-0.05, 0) is 44.4 Å². The SMILES string of the molecule is CC[C@H](C)NC(=O)[C@H](CC)N(Cc1ccccc1)C(=O)CN(c1cccc(C(C)=O)c1)S(C)(=O)=O. The maximum absolute atomic E-state index is 13.6. The Morgan fingerprint density at radius 2 is 1.63 bits per heavy atom. The molecule has 2 aromatic carbocycles. The van der Waals surface area contributed by atoms with Crippen LogP contribution >= 0.6 is 0 Å². The van der Waals surface area contributed by atoms with Gasteiger partial charge in [0.15, 0.2) is 5.78 Å². The standard InChI is InChI=1S/C26H35N3O5S/c1-6-19(3)27-26(32)24(7-2)28(17-21-12-9-8-10-13-21)25(31)18-29(35(5,33)34)23-15-11-14-22(16-23)20(4)30/h8-16,19,24H,6-7,17-18H2,1-5H3,(H,27,32)/t19-,24-/m0/s1. The minimum atomic E-state index is -3.86. The van der Waals surface area contributed by atoms with Gasteiger partial charge in [-0.15, -0.1) is 0 Å². The Labute approximate surface area is 208 Å². The van der Waals surface area contributed by atoms with Crippen molar-refractivity contribution in [2.75, 3.05) is 17.1 Å². The third-order valence-corrected chi connectivity index (χ3v) is 6.94. The molecule has 0 aromatic heterocycles. The van der Waals surface area contributed by atoms with Gasteiger partial charge in [-0.3, -0.25) is 18.7 Å². The molecule has 35 heavy (non-hydrogen) atoms. The van der Waals surface area contributed by atoms with Gasteiger partial charge in [0.05, 0.1) is 11.9 Å². The summed E-state index contributed by atoms with van der Waals surface area (Å²) in [5.74, 6) is -1.01. The summed E-state index contributed by atoms with van der Waals surface area (Å²) in [6.07, 6.45) is 2.11. The lowest BCUT2D eigenvalue weighted by molar-refractivity contribution is -0.140. The quantitative estimate of drug-likeness (QED) is 0.449. The highest BCUT2D eigenvalue weighted by Crippen LogP contribution is 2.21. The number of rotatable bonds is 12. The summed E-state index contributed by atoms with van der Waals surface area (Å²) in [7, 11) is -3.86. The number of sulfonamides is 1. The van der Waals surface area contributed by atoms with E-state index in [1.807, 2.05) is 51.1 Å². The lowest BCUT2D eigenvalue weighted by atomic mass is 10.1. The molecule has 2 rings (SSSR count). The van der Waals surface area contributed by atoms with E-state index in [0.29, 0.717) is 12.0 Å². The number of amides is 2. The zero-order valence-electron chi connectivity index (χ0n) is 21.0. The molecule has 2 aromatic rings. The molecular weight excluding hydrogens is 466 g/mol. The van der Waals surface area contributed by atoms with E-state index in [1.165, 1.54) is 24.0 Å². The minimum Gasteiger partial charge on any atom is -0.352 e. The zero-order chi connectivity index (χ0) is 26.2. The summed E-state index contributed by atoms with van der Waals surface area (Å²) < 4.78 is 26.3. The predicted molar refractivity (Wildman–Crippen MR) is 138 cm³/mol. The van der Waals surface area contributed by atoms with Crippen molar-refractivity contribution in [1.82, 2.24) is 10.2 Å². The number of benzene rings is 2. The fourth-order valence-electron chi connectivity index (χ4n) is 3.63. The maximum Gasteiger partial charge on any atom is 0.244 e. The van der Waals surface area contributed by atoms with Crippen molar-refractivity contribution in [2.24, 2.45) is 0 Å². The highest BCUT2D eigenvalue weighted by molar-refractivity contribution is 7.92. The van der Waals surface area contributed by atoms with Crippen molar-refractivity contribution in [2.45, 2.75) is 59.2 Å². The molecule has 0 saturated carbocycles. The molecule has 0 bridgehead atoms. The van der Waals surface area contributed by atoms with E-state index < -0.39 is 28.5 Å². The number of hydrogen-bond acceptors (Lipinski definition) is 5. The van der Waals surface area contributed by atoms with Crippen LogP contribution in [0.1, 0.15) is 56.5 Å². The summed E-state index contributed by atoms with van der Waals surface area (Å²) in [5.41, 5.74) is 1.37. The predicted octanol–water partition coefficient (Wildman–Crippen LogP) is 3.38. The maximum atomic E-state index is 13.6. The molecule has 0 radical (unpaired) electrons. The van der Waals surface area contributed by atoms with Crippen molar-refractivity contribution in [3.8, 4) is 0 Å². The van der Waals surface area contributed by atoms with Crippen LogP contribution in [-0.4, -0.2) is 55.8 Å². The first-order chi connectivity index (χ1) is 16.5. The molecule has 8 nitrogen and oxygen atoms in total. The lowest BCUT2D eigenvalue weighted by Crippen LogP contribution is -2.53. The van der Waals surface area contributed by atoms with E-state index >= 15 is 0 Å². The van der Waals surface area contributed by atoms with Gasteiger partial charge in [-0.1, -0.05) is 56.3 Å². The molecular formula is C26H35N3O5S. The molecule has 0 aliphatic carbocycles. The topological polar surface area (TPSA) is 104 Å². The number of carbonyl (C=O) groups excluding carboxylic acids is 3. The molecule has 2 amide bonds. The van der Waals surface area contributed by atoms with Crippen molar-refractivity contribution in [3.05, 3.63) is 65.7 Å². The molecule has 9 heteroatoms. The molecule has 190 valence electrons. The minimum absolute atomic E-state index is 0.0629. The number of nitrogens with zero attached hydrogens (tertiary/aromatic N) is 2. The summed E-state index contributed by atoms with van der Waals surface area (Å²) in [4.78, 5) is 40.0. The number of Topliss-reactive ketones (excluding diaryl/α,β-unsaturated/α-hetero) is 1. The average molecular weight is 502 g/mol. The van der Waals surface area contributed by atoms with Crippen LogP contribution < -0.4 is 9.62 Å². The highest BCUT2D eigenvalue weighted by Gasteiger charge is 2.32. The van der Waals surface area contributed by atoms with Gasteiger partial charge in [0.25, 0.3) is 0 Å². The number of anilines is 1. The van der Waals surface area contributed by atoms with E-state index in [9.17, 15) is 22.8 Å². The van der Waals surface area contributed by atoms with E-state index in [2.05, 4.69) is 5.32 Å². The number of carbonyl (C=O) groups is 3. The normalized spacial score (nSPS) is 12.9. The molecule has 2 atom stereocenters. The Morgan fingerprint density at radius 1 is 0.971 bits per heavy atom. The van der Waals surface area contributed by atoms with Gasteiger partial charge < -0.3 is 10.2 Å². The van der Waals surface area contributed by atoms with Crippen LogP contribution in [0.15, 0.2) is 54.6 Å². The molecule has 0 fully saturated rings. The summed E-state index contributed by atoms with van der Waals surface area (Å²) in [6, 6.07) is 14.6. The summed E-state index contributed by atoms with van der Waals surface area (Å²) in [6.45, 7) is 6.70. The van der Waals surface area contributed by atoms with E-state index in [1.54, 1.807) is 12.1 Å². The van der Waals surface area contributed by atoms with Gasteiger partial charge in [0.1, 0.15) is 12.6 Å². The second-order valence-corrected chi connectivity index (χ2v) is 10.5. The molecule has 1 N–H and O–H groups in total. The number of hydrogen-bond donors (Lipinski definition) is 1. The summed E-state index contributed by atoms with van der Waals surface area (Å²) in [5, 5.41) is 2.93. The molecule has 0 aliphatic rings. The van der Waals surface area contributed by atoms with E-state index in [-0.39, 0.29) is 30.0 Å². The van der Waals surface area contributed by atoms with Gasteiger partial charge in [0, 0.05) is 18.2 Å². The molecule has 0 spiro atoms. The fourth-order valence-corrected chi connectivity index (χ4v) is 4.48. The van der Waals surface area contributed by atoms with Gasteiger partial charge in [0.2, 0.25) is 21.8 Å². The fraction of sp³-hybridized carbons (Fsp3) is 0.423. The Bertz CT molecular complexity index is 1130. The summed E-state index contributed by atoms with van der Waals surface area (Å²) >= 11 is 0. The van der Waals surface area contributed by atoms with Gasteiger partial charge >= 0.3 is 0 Å². The first-order valence-corrected chi connectivity index (χ1v) is 13.5. The second kappa shape index (κ2) is 12.5. The smallest absolute Gasteiger partial charge is 0.244 e. The molecule has 0 saturated heterocycles. The van der Waals surface area contributed by atoms with Crippen LogP contribution in [0.2, 0.25) is 0 Å². The Morgan fingerprint density at radius 3 is 2.17 bits per heavy atom. The van der Waals surface area contributed by atoms with Crippen molar-refractivity contribution >= 4 is 33.3 Å². The van der Waals surface area contributed by atoms with Gasteiger partial charge in [-0.2, -0.15) is 0 Å². The zero-order valence-corrected chi connectivity index (χ0v) is 21.8. The van der Waals surface area contributed by atoms with Crippen LogP contribution in [0, 0.1) is 0 Å². The molecule has 0 unspecified atom stereocenters. The molecule has 0 heterocycles. The van der Waals surface area contributed by atoms with Gasteiger partial charge in [-0.25, -0.2) is 8.42 Å². The number of ketones is 1. The van der Waals surface area contributed by atoms with E-state index in [0.717, 1.165) is 22.5 Å². The Hall–Kier alpha value is -3.20. The first kappa shape index (κ1) is 28.0. The monoisotopic (exact) mass is 501 g/mol. The molecule has 0 aliphatic heterocycles.